The zero-order valence-corrected chi connectivity index (χ0v) is 12.8. The number of halogens is 3. The Morgan fingerprint density at radius 3 is 2.48 bits per heavy atom. The Hall–Kier alpha value is -3.16. The summed E-state index contributed by atoms with van der Waals surface area (Å²) in [7, 11) is 0. The van der Waals surface area contributed by atoms with Crippen LogP contribution in [-0.4, -0.2) is 21.1 Å². The Morgan fingerprint density at radius 1 is 1.08 bits per heavy atom. The minimum atomic E-state index is -4.51. The molecule has 2 N–H and O–H groups in total. The van der Waals surface area contributed by atoms with E-state index in [1.807, 2.05) is 30.3 Å². The van der Waals surface area contributed by atoms with Crippen LogP contribution in [0, 0.1) is 0 Å². The first-order valence-corrected chi connectivity index (χ1v) is 7.34. The van der Waals surface area contributed by atoms with E-state index in [9.17, 15) is 18.0 Å². The van der Waals surface area contributed by atoms with E-state index in [1.54, 1.807) is 6.20 Å². The van der Waals surface area contributed by atoms with Crippen molar-refractivity contribution in [1.82, 2.24) is 15.2 Å². The van der Waals surface area contributed by atoms with Crippen LogP contribution in [0.15, 0.2) is 54.9 Å². The van der Waals surface area contributed by atoms with Gasteiger partial charge in [0.1, 0.15) is 5.69 Å². The third-order valence-corrected chi connectivity index (χ3v) is 3.47. The number of aromatic nitrogens is 3. The molecule has 3 aromatic rings. The molecule has 0 spiro atoms. The van der Waals surface area contributed by atoms with Crippen molar-refractivity contribution in [3.05, 3.63) is 66.1 Å². The second kappa shape index (κ2) is 6.76. The molecule has 1 amide bonds. The molecule has 128 valence electrons. The standard InChI is InChI=1S/C17H13F3N4O/c18-17(19,20)14-7-6-13(10-21-14)23-15(25)8-12-9-22-24-16(12)11-4-2-1-3-5-11/h1-7,9-10H,8H2,(H,22,24)(H,23,25). The highest BCUT2D eigenvalue weighted by Gasteiger charge is 2.32. The fourth-order valence-corrected chi connectivity index (χ4v) is 2.31. The molecule has 1 aromatic carbocycles. The van der Waals surface area contributed by atoms with Gasteiger partial charge in [-0.2, -0.15) is 18.3 Å². The molecule has 0 bridgehead atoms. The van der Waals surface area contributed by atoms with Crippen molar-refractivity contribution in [2.45, 2.75) is 12.6 Å². The van der Waals surface area contributed by atoms with E-state index < -0.39 is 11.9 Å². The Labute approximate surface area is 140 Å². The summed E-state index contributed by atoms with van der Waals surface area (Å²) in [5.74, 6) is -0.375. The molecule has 3 rings (SSSR count). The maximum Gasteiger partial charge on any atom is 0.433 e. The Bertz CT molecular complexity index is 858. The number of H-pyrrole nitrogens is 1. The van der Waals surface area contributed by atoms with Crippen LogP contribution in [0.3, 0.4) is 0 Å². The van der Waals surface area contributed by atoms with Crippen molar-refractivity contribution < 1.29 is 18.0 Å². The monoisotopic (exact) mass is 346 g/mol. The van der Waals surface area contributed by atoms with Crippen molar-refractivity contribution in [2.24, 2.45) is 0 Å². The van der Waals surface area contributed by atoms with Gasteiger partial charge >= 0.3 is 6.18 Å². The van der Waals surface area contributed by atoms with Gasteiger partial charge in [-0.25, -0.2) is 4.98 Å². The molecule has 0 radical (unpaired) electrons. The van der Waals surface area contributed by atoms with E-state index in [1.165, 1.54) is 6.07 Å². The maximum atomic E-state index is 12.5. The van der Waals surface area contributed by atoms with Gasteiger partial charge in [-0.15, -0.1) is 0 Å². The number of alkyl halides is 3. The van der Waals surface area contributed by atoms with E-state index in [0.717, 1.165) is 23.5 Å². The average Bonchev–Trinajstić information content (AvgIpc) is 3.03. The summed E-state index contributed by atoms with van der Waals surface area (Å²) in [5.41, 5.74) is 1.48. The predicted octanol–water partition coefficient (Wildman–Crippen LogP) is 3.67. The van der Waals surface area contributed by atoms with Gasteiger partial charge < -0.3 is 5.32 Å². The number of pyridine rings is 1. The lowest BCUT2D eigenvalue weighted by atomic mass is 10.1. The van der Waals surface area contributed by atoms with Crippen molar-refractivity contribution in [1.29, 1.82) is 0 Å². The van der Waals surface area contributed by atoms with Crippen molar-refractivity contribution >= 4 is 11.6 Å². The van der Waals surface area contributed by atoms with Gasteiger partial charge in [-0.3, -0.25) is 9.89 Å². The molecular formula is C17H13F3N4O. The first-order chi connectivity index (χ1) is 11.9. The minimum absolute atomic E-state index is 0.0295. The number of hydrogen-bond acceptors (Lipinski definition) is 3. The van der Waals surface area contributed by atoms with E-state index in [-0.39, 0.29) is 18.0 Å². The lowest BCUT2D eigenvalue weighted by Gasteiger charge is -2.08. The Morgan fingerprint density at radius 2 is 1.84 bits per heavy atom. The number of aromatic amines is 1. The van der Waals surface area contributed by atoms with Gasteiger partial charge in [0.25, 0.3) is 0 Å². The van der Waals surface area contributed by atoms with E-state index in [0.29, 0.717) is 5.56 Å². The number of anilines is 1. The molecule has 0 atom stereocenters. The summed E-state index contributed by atoms with van der Waals surface area (Å²) < 4.78 is 37.4. The van der Waals surface area contributed by atoms with Gasteiger partial charge in [-0.1, -0.05) is 30.3 Å². The summed E-state index contributed by atoms with van der Waals surface area (Å²) in [6.45, 7) is 0. The molecule has 25 heavy (non-hydrogen) atoms. The van der Waals surface area contributed by atoms with Crippen molar-refractivity contribution in [3.63, 3.8) is 0 Å². The lowest BCUT2D eigenvalue weighted by molar-refractivity contribution is -0.141. The average molecular weight is 346 g/mol. The second-order valence-electron chi connectivity index (χ2n) is 5.29. The van der Waals surface area contributed by atoms with Crippen LogP contribution in [0.2, 0.25) is 0 Å². The largest absolute Gasteiger partial charge is 0.433 e. The summed E-state index contributed by atoms with van der Waals surface area (Å²) in [5, 5.41) is 9.33. The fourth-order valence-electron chi connectivity index (χ4n) is 2.31. The van der Waals surface area contributed by atoms with Gasteiger partial charge in [-0.05, 0) is 17.7 Å². The molecule has 0 saturated heterocycles. The summed E-state index contributed by atoms with van der Waals surface area (Å²) in [6.07, 6.45) is -1.95. The summed E-state index contributed by atoms with van der Waals surface area (Å²) in [4.78, 5) is 15.4. The molecule has 0 saturated carbocycles. The van der Waals surface area contributed by atoms with Gasteiger partial charge in [0.15, 0.2) is 0 Å². The van der Waals surface area contributed by atoms with Crippen LogP contribution in [-0.2, 0) is 17.4 Å². The highest BCUT2D eigenvalue weighted by Crippen LogP contribution is 2.28. The number of nitrogens with one attached hydrogen (secondary N) is 2. The summed E-state index contributed by atoms with van der Waals surface area (Å²) >= 11 is 0. The second-order valence-corrected chi connectivity index (χ2v) is 5.29. The van der Waals surface area contributed by atoms with Crippen LogP contribution in [0.25, 0.3) is 11.3 Å². The molecule has 0 fully saturated rings. The number of carbonyl (C=O) groups excluding carboxylic acids is 1. The third-order valence-electron chi connectivity index (χ3n) is 3.47. The molecule has 0 aliphatic heterocycles. The zero-order chi connectivity index (χ0) is 17.9. The molecule has 0 aliphatic carbocycles. The van der Waals surface area contributed by atoms with Crippen LogP contribution in [0.4, 0.5) is 18.9 Å². The number of rotatable bonds is 4. The first kappa shape index (κ1) is 16.7. The number of hydrogen-bond donors (Lipinski definition) is 2. The number of nitrogens with zero attached hydrogens (tertiary/aromatic N) is 2. The smallest absolute Gasteiger partial charge is 0.324 e. The molecule has 0 aliphatic rings. The highest BCUT2D eigenvalue weighted by molar-refractivity contribution is 5.93. The van der Waals surface area contributed by atoms with Gasteiger partial charge in [0.2, 0.25) is 5.91 Å². The van der Waals surface area contributed by atoms with E-state index >= 15 is 0 Å². The lowest BCUT2D eigenvalue weighted by Crippen LogP contribution is -2.15. The maximum absolute atomic E-state index is 12.5. The molecule has 2 heterocycles. The van der Waals surface area contributed by atoms with Gasteiger partial charge in [0, 0.05) is 5.56 Å². The first-order valence-electron chi connectivity index (χ1n) is 7.34. The topological polar surface area (TPSA) is 70.7 Å². The Kier molecular flexibility index (Phi) is 4.51. The number of amides is 1. The van der Waals surface area contributed by atoms with Crippen LogP contribution in [0.5, 0.6) is 0 Å². The SMILES string of the molecule is O=C(Cc1cn[nH]c1-c1ccccc1)Nc1ccc(C(F)(F)F)nc1. The van der Waals surface area contributed by atoms with Crippen LogP contribution < -0.4 is 5.32 Å². The number of benzene rings is 1. The number of carbonyl (C=O) groups is 1. The van der Waals surface area contributed by atoms with Crippen LogP contribution in [0.1, 0.15) is 11.3 Å². The van der Waals surface area contributed by atoms with E-state index in [4.69, 9.17) is 0 Å². The van der Waals surface area contributed by atoms with Crippen molar-refractivity contribution in [2.75, 3.05) is 5.32 Å². The molecule has 8 heteroatoms. The quantitative estimate of drug-likeness (QED) is 0.757. The predicted molar refractivity (Wildman–Crippen MR) is 85.6 cm³/mol. The molecule has 5 nitrogen and oxygen atoms in total. The Balaban J connectivity index is 1.69. The third kappa shape index (κ3) is 4.03. The molecule has 0 unspecified atom stereocenters. The fraction of sp³-hybridized carbons (Fsp3) is 0.118. The summed E-state index contributed by atoms with van der Waals surface area (Å²) in [6, 6.07) is 11.4. The zero-order valence-electron chi connectivity index (χ0n) is 12.8. The van der Waals surface area contributed by atoms with Crippen LogP contribution >= 0.6 is 0 Å². The molecule has 2 aromatic heterocycles. The van der Waals surface area contributed by atoms with Gasteiger partial charge in [0.05, 0.1) is 30.2 Å². The minimum Gasteiger partial charge on any atom is -0.324 e. The molecular weight excluding hydrogens is 333 g/mol. The van der Waals surface area contributed by atoms with E-state index in [2.05, 4.69) is 20.5 Å². The highest BCUT2D eigenvalue weighted by atomic mass is 19.4. The normalized spacial score (nSPS) is 11.3. The van der Waals surface area contributed by atoms with Crippen molar-refractivity contribution in [3.8, 4) is 11.3 Å².